The first-order valence-corrected chi connectivity index (χ1v) is 10.6. The quantitative estimate of drug-likeness (QED) is 0.588. The average Bonchev–Trinajstić information content (AvgIpc) is 2.61. The van der Waals surface area contributed by atoms with Gasteiger partial charge in [0, 0.05) is 17.6 Å². The first-order valence-electron chi connectivity index (χ1n) is 7.95. The van der Waals surface area contributed by atoms with Gasteiger partial charge in [0.25, 0.3) is 0 Å². The van der Waals surface area contributed by atoms with Crippen molar-refractivity contribution in [3.8, 4) is 11.5 Å². The van der Waals surface area contributed by atoms with E-state index < -0.39 is 16.1 Å². The smallest absolute Gasteiger partial charge is 0.247 e. The Morgan fingerprint density at radius 1 is 1.19 bits per heavy atom. The second-order valence-electron chi connectivity index (χ2n) is 5.58. The summed E-state index contributed by atoms with van der Waals surface area (Å²) in [7, 11) is -0.852. The minimum absolute atomic E-state index is 0.0240. The third-order valence-electron chi connectivity index (χ3n) is 4.08. The first kappa shape index (κ1) is 21.0. The molecule has 0 aliphatic heterocycles. The summed E-state index contributed by atoms with van der Waals surface area (Å²) < 4.78 is 39.1. The van der Waals surface area contributed by atoms with Crippen molar-refractivity contribution in [1.29, 1.82) is 0 Å². The molecule has 0 radical (unpaired) electrons. The number of halogens is 2. The van der Waals surface area contributed by atoms with Crippen LogP contribution in [0, 0.1) is 0 Å². The van der Waals surface area contributed by atoms with Crippen molar-refractivity contribution in [2.24, 2.45) is 0 Å². The fourth-order valence-corrected chi connectivity index (χ4v) is 5.77. The highest BCUT2D eigenvalue weighted by Crippen LogP contribution is 2.39. The van der Waals surface area contributed by atoms with Crippen LogP contribution < -0.4 is 9.47 Å². The SMILES string of the molecule is CCN(C(C)c1cccc(OC)c1)S(=O)(=O)c1cc(Cl)cc(Br)c1OC. The van der Waals surface area contributed by atoms with Crippen LogP contribution in [0.1, 0.15) is 25.5 Å². The zero-order valence-electron chi connectivity index (χ0n) is 15.0. The monoisotopic (exact) mass is 461 g/mol. The summed E-state index contributed by atoms with van der Waals surface area (Å²) in [5, 5.41) is 0.307. The molecule has 142 valence electrons. The summed E-state index contributed by atoms with van der Waals surface area (Å²) in [6.45, 7) is 3.91. The highest BCUT2D eigenvalue weighted by Gasteiger charge is 2.32. The molecular formula is C18H21BrClNO4S. The normalized spacial score (nSPS) is 12.9. The second-order valence-corrected chi connectivity index (χ2v) is 8.73. The predicted octanol–water partition coefficient (Wildman–Crippen LogP) is 4.89. The van der Waals surface area contributed by atoms with Crippen LogP contribution in [-0.2, 0) is 10.0 Å². The Hall–Kier alpha value is -1.28. The van der Waals surface area contributed by atoms with Crippen molar-refractivity contribution in [3.63, 3.8) is 0 Å². The van der Waals surface area contributed by atoms with E-state index in [-0.39, 0.29) is 17.2 Å². The lowest BCUT2D eigenvalue weighted by molar-refractivity contribution is 0.349. The number of hydrogen-bond donors (Lipinski definition) is 0. The van der Waals surface area contributed by atoms with Crippen LogP contribution in [0.3, 0.4) is 0 Å². The van der Waals surface area contributed by atoms with Crippen LogP contribution in [0.4, 0.5) is 0 Å². The molecule has 0 spiro atoms. The maximum Gasteiger partial charge on any atom is 0.247 e. The Kier molecular flexibility index (Phi) is 6.96. The van der Waals surface area contributed by atoms with E-state index in [4.69, 9.17) is 21.1 Å². The van der Waals surface area contributed by atoms with E-state index in [2.05, 4.69) is 15.9 Å². The summed E-state index contributed by atoms with van der Waals surface area (Å²) >= 11 is 9.40. The van der Waals surface area contributed by atoms with Crippen molar-refractivity contribution < 1.29 is 17.9 Å². The molecule has 0 fully saturated rings. The van der Waals surface area contributed by atoms with Gasteiger partial charge in [-0.25, -0.2) is 8.42 Å². The zero-order chi connectivity index (χ0) is 19.5. The zero-order valence-corrected chi connectivity index (χ0v) is 18.2. The van der Waals surface area contributed by atoms with Gasteiger partial charge in [-0.1, -0.05) is 30.7 Å². The molecular weight excluding hydrogens is 442 g/mol. The molecule has 5 nitrogen and oxygen atoms in total. The molecule has 2 aromatic carbocycles. The number of rotatable bonds is 7. The van der Waals surface area contributed by atoms with E-state index in [1.54, 1.807) is 20.1 Å². The Labute approximate surface area is 168 Å². The molecule has 8 heteroatoms. The maximum absolute atomic E-state index is 13.4. The molecule has 0 aliphatic rings. The highest BCUT2D eigenvalue weighted by molar-refractivity contribution is 9.10. The van der Waals surface area contributed by atoms with E-state index in [1.807, 2.05) is 31.2 Å². The van der Waals surface area contributed by atoms with Gasteiger partial charge in [-0.3, -0.25) is 0 Å². The number of hydrogen-bond acceptors (Lipinski definition) is 4. The lowest BCUT2D eigenvalue weighted by atomic mass is 10.1. The molecule has 26 heavy (non-hydrogen) atoms. The lowest BCUT2D eigenvalue weighted by Gasteiger charge is -2.28. The molecule has 0 N–H and O–H groups in total. The van der Waals surface area contributed by atoms with Gasteiger partial charge in [0.1, 0.15) is 10.6 Å². The third kappa shape index (κ3) is 4.17. The minimum atomic E-state index is -3.85. The number of ether oxygens (including phenoxy) is 2. The largest absolute Gasteiger partial charge is 0.497 e. The fourth-order valence-electron chi connectivity index (χ4n) is 2.77. The number of methoxy groups -OCH3 is 2. The molecule has 0 bridgehead atoms. The van der Waals surface area contributed by atoms with Gasteiger partial charge in [0.15, 0.2) is 5.75 Å². The van der Waals surface area contributed by atoms with E-state index in [0.29, 0.717) is 15.2 Å². The minimum Gasteiger partial charge on any atom is -0.497 e. The molecule has 0 heterocycles. The van der Waals surface area contributed by atoms with E-state index in [0.717, 1.165) is 5.56 Å². The van der Waals surface area contributed by atoms with Gasteiger partial charge in [-0.05, 0) is 52.7 Å². The summed E-state index contributed by atoms with van der Waals surface area (Å²) in [5.41, 5.74) is 0.829. The number of nitrogens with zero attached hydrogens (tertiary/aromatic N) is 1. The predicted molar refractivity (Wildman–Crippen MR) is 107 cm³/mol. The van der Waals surface area contributed by atoms with Crippen molar-refractivity contribution in [2.45, 2.75) is 24.8 Å². The molecule has 0 aliphatic carbocycles. The van der Waals surface area contributed by atoms with Gasteiger partial charge in [0.2, 0.25) is 10.0 Å². The molecule has 0 amide bonds. The van der Waals surface area contributed by atoms with Crippen LogP contribution in [0.2, 0.25) is 5.02 Å². The third-order valence-corrected chi connectivity index (χ3v) is 6.94. The number of benzene rings is 2. The van der Waals surface area contributed by atoms with E-state index in [9.17, 15) is 8.42 Å². The molecule has 0 saturated carbocycles. The van der Waals surface area contributed by atoms with Crippen LogP contribution in [-0.4, -0.2) is 33.5 Å². The van der Waals surface area contributed by atoms with Crippen LogP contribution in [0.25, 0.3) is 0 Å². The Balaban J connectivity index is 2.55. The van der Waals surface area contributed by atoms with Crippen LogP contribution in [0.15, 0.2) is 45.8 Å². The van der Waals surface area contributed by atoms with Crippen molar-refractivity contribution in [1.82, 2.24) is 4.31 Å². The second kappa shape index (κ2) is 8.61. The van der Waals surface area contributed by atoms with Crippen molar-refractivity contribution >= 4 is 37.6 Å². The van der Waals surface area contributed by atoms with Crippen molar-refractivity contribution in [2.75, 3.05) is 20.8 Å². The summed E-state index contributed by atoms with van der Waals surface area (Å²) in [5.74, 6) is 0.900. The highest BCUT2D eigenvalue weighted by atomic mass is 79.9. The van der Waals surface area contributed by atoms with E-state index in [1.165, 1.54) is 17.5 Å². The van der Waals surface area contributed by atoms with Crippen LogP contribution in [0.5, 0.6) is 11.5 Å². The van der Waals surface area contributed by atoms with Gasteiger partial charge in [-0.15, -0.1) is 0 Å². The molecule has 0 saturated heterocycles. The lowest BCUT2D eigenvalue weighted by Crippen LogP contribution is -2.33. The topological polar surface area (TPSA) is 55.8 Å². The molecule has 0 aromatic heterocycles. The average molecular weight is 463 g/mol. The van der Waals surface area contributed by atoms with Gasteiger partial charge >= 0.3 is 0 Å². The molecule has 1 unspecified atom stereocenters. The first-order chi connectivity index (χ1) is 12.3. The maximum atomic E-state index is 13.4. The summed E-state index contributed by atoms with van der Waals surface area (Å²) in [6, 6.07) is 9.95. The molecule has 1 atom stereocenters. The molecule has 2 rings (SSSR count). The molecule has 2 aromatic rings. The summed E-state index contributed by atoms with van der Waals surface area (Å²) in [6.07, 6.45) is 0. The van der Waals surface area contributed by atoms with Gasteiger partial charge < -0.3 is 9.47 Å². The Bertz CT molecular complexity index is 889. The van der Waals surface area contributed by atoms with E-state index >= 15 is 0 Å². The standard InChI is InChI=1S/C18H21BrClNO4S/c1-5-21(12(2)13-7-6-8-15(9-13)24-3)26(22,23)17-11-14(20)10-16(19)18(17)25-4/h6-12H,5H2,1-4H3. The number of sulfonamides is 1. The Morgan fingerprint density at radius 3 is 2.46 bits per heavy atom. The van der Waals surface area contributed by atoms with Gasteiger partial charge in [-0.2, -0.15) is 4.31 Å². The van der Waals surface area contributed by atoms with Crippen LogP contribution >= 0.6 is 27.5 Å². The fraction of sp³-hybridized carbons (Fsp3) is 0.333. The Morgan fingerprint density at radius 2 is 1.88 bits per heavy atom. The summed E-state index contributed by atoms with van der Waals surface area (Å²) in [4.78, 5) is 0.0240. The van der Waals surface area contributed by atoms with Crippen molar-refractivity contribution in [3.05, 3.63) is 51.5 Å². The van der Waals surface area contributed by atoms with Gasteiger partial charge in [0.05, 0.1) is 18.7 Å².